The molecule has 11 heavy (non-hydrogen) atoms. The van der Waals surface area contributed by atoms with E-state index in [1.54, 1.807) is 4.68 Å². The van der Waals surface area contributed by atoms with Crippen molar-refractivity contribution in [2.75, 3.05) is 31.4 Å². The zero-order chi connectivity index (χ0) is 8.43. The zero-order valence-electron chi connectivity index (χ0n) is 7.29. The standard InChI is InChI=1S/C6H13N5/c1-7-5-8-6(10(2)3)9-11(5)4/h1-4H3,(H,7,8,9). The van der Waals surface area contributed by atoms with Crippen LogP contribution < -0.4 is 10.2 Å². The Morgan fingerprint density at radius 1 is 1.45 bits per heavy atom. The van der Waals surface area contributed by atoms with Gasteiger partial charge in [0, 0.05) is 28.2 Å². The van der Waals surface area contributed by atoms with Crippen molar-refractivity contribution in [3.05, 3.63) is 0 Å². The van der Waals surface area contributed by atoms with Gasteiger partial charge in [-0.05, 0) is 0 Å². The Morgan fingerprint density at radius 2 is 2.09 bits per heavy atom. The van der Waals surface area contributed by atoms with Crippen molar-refractivity contribution in [3.63, 3.8) is 0 Å². The molecule has 0 aliphatic carbocycles. The van der Waals surface area contributed by atoms with E-state index >= 15 is 0 Å². The minimum atomic E-state index is 0.719. The van der Waals surface area contributed by atoms with Gasteiger partial charge in [-0.3, -0.25) is 0 Å². The smallest absolute Gasteiger partial charge is 0.246 e. The van der Waals surface area contributed by atoms with Gasteiger partial charge in [0.1, 0.15) is 0 Å². The van der Waals surface area contributed by atoms with Gasteiger partial charge in [-0.2, -0.15) is 4.98 Å². The van der Waals surface area contributed by atoms with Crippen LogP contribution in [0.2, 0.25) is 0 Å². The average Bonchev–Trinajstić information content (AvgIpc) is 2.31. The highest BCUT2D eigenvalue weighted by Crippen LogP contribution is 2.07. The molecule has 0 saturated heterocycles. The molecule has 1 N–H and O–H groups in total. The average molecular weight is 155 g/mol. The molecule has 0 unspecified atom stereocenters. The van der Waals surface area contributed by atoms with Crippen LogP contribution in [0.4, 0.5) is 11.9 Å². The Hall–Kier alpha value is -1.26. The van der Waals surface area contributed by atoms with Gasteiger partial charge >= 0.3 is 0 Å². The quantitative estimate of drug-likeness (QED) is 0.649. The topological polar surface area (TPSA) is 46.0 Å². The van der Waals surface area contributed by atoms with E-state index < -0.39 is 0 Å². The highest BCUT2D eigenvalue weighted by Gasteiger charge is 2.05. The summed E-state index contributed by atoms with van der Waals surface area (Å²) in [6.07, 6.45) is 0. The summed E-state index contributed by atoms with van der Waals surface area (Å²) in [6.45, 7) is 0. The van der Waals surface area contributed by atoms with Crippen LogP contribution >= 0.6 is 0 Å². The van der Waals surface area contributed by atoms with Gasteiger partial charge in [-0.15, -0.1) is 5.10 Å². The molecule has 0 aliphatic heterocycles. The van der Waals surface area contributed by atoms with E-state index in [4.69, 9.17) is 0 Å². The summed E-state index contributed by atoms with van der Waals surface area (Å²) in [4.78, 5) is 6.06. The van der Waals surface area contributed by atoms with E-state index in [0.29, 0.717) is 0 Å². The summed E-state index contributed by atoms with van der Waals surface area (Å²) >= 11 is 0. The highest BCUT2D eigenvalue weighted by atomic mass is 15.4. The molecule has 5 nitrogen and oxygen atoms in total. The van der Waals surface area contributed by atoms with Gasteiger partial charge in [0.25, 0.3) is 0 Å². The molecule has 1 aromatic rings. The van der Waals surface area contributed by atoms with Crippen LogP contribution in [0, 0.1) is 0 Å². The van der Waals surface area contributed by atoms with E-state index in [1.165, 1.54) is 0 Å². The summed E-state index contributed by atoms with van der Waals surface area (Å²) in [5.74, 6) is 1.49. The second-order valence-corrected chi connectivity index (χ2v) is 2.50. The van der Waals surface area contributed by atoms with E-state index in [0.717, 1.165) is 11.9 Å². The van der Waals surface area contributed by atoms with E-state index in [9.17, 15) is 0 Å². The SMILES string of the molecule is CNc1nc(N(C)C)nn1C. The number of aromatic nitrogens is 3. The van der Waals surface area contributed by atoms with Gasteiger partial charge in [-0.1, -0.05) is 0 Å². The second kappa shape index (κ2) is 2.77. The molecule has 5 heteroatoms. The van der Waals surface area contributed by atoms with Crippen LogP contribution in [-0.4, -0.2) is 35.9 Å². The molecule has 0 spiro atoms. The second-order valence-electron chi connectivity index (χ2n) is 2.50. The zero-order valence-corrected chi connectivity index (χ0v) is 7.29. The maximum atomic E-state index is 4.19. The molecule has 1 rings (SSSR count). The molecule has 1 heterocycles. The maximum absolute atomic E-state index is 4.19. The number of anilines is 2. The summed E-state index contributed by atoms with van der Waals surface area (Å²) < 4.78 is 1.70. The molecular formula is C6H13N5. The van der Waals surface area contributed by atoms with Gasteiger partial charge in [-0.25, -0.2) is 4.68 Å². The Balaban J connectivity index is 2.95. The highest BCUT2D eigenvalue weighted by molar-refractivity contribution is 5.35. The van der Waals surface area contributed by atoms with Crippen LogP contribution in [-0.2, 0) is 7.05 Å². The van der Waals surface area contributed by atoms with Crippen LogP contribution in [0.3, 0.4) is 0 Å². The Kier molecular flexibility index (Phi) is 1.98. The molecule has 62 valence electrons. The van der Waals surface area contributed by atoms with Gasteiger partial charge in [0.2, 0.25) is 11.9 Å². The number of aryl methyl sites for hydroxylation is 1. The fourth-order valence-electron chi connectivity index (χ4n) is 0.778. The van der Waals surface area contributed by atoms with Crippen LogP contribution in [0.1, 0.15) is 0 Å². The van der Waals surface area contributed by atoms with Crippen LogP contribution in [0.5, 0.6) is 0 Å². The molecule has 0 aliphatic rings. The number of rotatable bonds is 2. The third kappa shape index (κ3) is 1.42. The van der Waals surface area contributed by atoms with Crippen molar-refractivity contribution in [2.24, 2.45) is 7.05 Å². The lowest BCUT2D eigenvalue weighted by Crippen LogP contribution is -2.10. The summed E-state index contributed by atoms with van der Waals surface area (Å²) in [5.41, 5.74) is 0. The van der Waals surface area contributed by atoms with E-state index in [-0.39, 0.29) is 0 Å². The van der Waals surface area contributed by atoms with E-state index in [2.05, 4.69) is 15.4 Å². The van der Waals surface area contributed by atoms with Crippen molar-refractivity contribution >= 4 is 11.9 Å². The molecule has 1 aromatic heterocycles. The first-order valence-electron chi connectivity index (χ1n) is 3.41. The Bertz CT molecular complexity index is 239. The first-order chi connectivity index (χ1) is 5.15. The lowest BCUT2D eigenvalue weighted by Gasteiger charge is -2.03. The normalized spacial score (nSPS) is 9.82. The predicted molar refractivity (Wildman–Crippen MR) is 44.9 cm³/mol. The summed E-state index contributed by atoms with van der Waals surface area (Å²) in [5, 5.41) is 7.08. The Labute approximate surface area is 66.0 Å². The molecule has 0 fully saturated rings. The molecule has 0 bridgehead atoms. The minimum Gasteiger partial charge on any atom is -0.357 e. The maximum Gasteiger partial charge on any atom is 0.246 e. The fourth-order valence-corrected chi connectivity index (χ4v) is 0.778. The molecule has 0 saturated carbocycles. The lowest BCUT2D eigenvalue weighted by atomic mass is 10.8. The molecule has 0 amide bonds. The predicted octanol–water partition coefficient (Wildman–Crippen LogP) is -0.0772. The van der Waals surface area contributed by atoms with Crippen LogP contribution in [0.25, 0.3) is 0 Å². The van der Waals surface area contributed by atoms with Crippen molar-refractivity contribution in [3.8, 4) is 0 Å². The first-order valence-corrected chi connectivity index (χ1v) is 3.41. The number of nitrogens with one attached hydrogen (secondary N) is 1. The Morgan fingerprint density at radius 3 is 2.36 bits per heavy atom. The monoisotopic (exact) mass is 155 g/mol. The largest absolute Gasteiger partial charge is 0.357 e. The molecular weight excluding hydrogens is 142 g/mol. The van der Waals surface area contributed by atoms with Gasteiger partial charge in [0.15, 0.2) is 0 Å². The fraction of sp³-hybridized carbons (Fsp3) is 0.667. The van der Waals surface area contributed by atoms with Crippen molar-refractivity contribution in [1.29, 1.82) is 0 Å². The molecule has 0 aromatic carbocycles. The lowest BCUT2D eigenvalue weighted by molar-refractivity contribution is 0.768. The molecule has 0 atom stereocenters. The van der Waals surface area contributed by atoms with Gasteiger partial charge < -0.3 is 10.2 Å². The first kappa shape index (κ1) is 7.84. The van der Waals surface area contributed by atoms with Crippen molar-refractivity contribution < 1.29 is 0 Å². The third-order valence-corrected chi connectivity index (χ3v) is 1.38. The number of nitrogens with zero attached hydrogens (tertiary/aromatic N) is 4. The molecule has 0 radical (unpaired) electrons. The summed E-state index contributed by atoms with van der Waals surface area (Å²) in [6, 6.07) is 0. The van der Waals surface area contributed by atoms with Gasteiger partial charge in [0.05, 0.1) is 0 Å². The third-order valence-electron chi connectivity index (χ3n) is 1.38. The van der Waals surface area contributed by atoms with E-state index in [1.807, 2.05) is 33.1 Å². The van der Waals surface area contributed by atoms with Crippen LogP contribution in [0.15, 0.2) is 0 Å². The minimum absolute atomic E-state index is 0.719. The number of hydrogen-bond acceptors (Lipinski definition) is 4. The van der Waals surface area contributed by atoms with Crippen molar-refractivity contribution in [1.82, 2.24) is 14.8 Å². The summed E-state index contributed by atoms with van der Waals surface area (Å²) in [7, 11) is 7.50. The van der Waals surface area contributed by atoms with Crippen molar-refractivity contribution in [2.45, 2.75) is 0 Å². The number of hydrogen-bond donors (Lipinski definition) is 1.